The first kappa shape index (κ1) is 20.9. The maximum Gasteiger partial charge on any atom is 0.242 e. The maximum absolute atomic E-state index is 13.2. The Morgan fingerprint density at radius 2 is 1.56 bits per heavy atom. The third kappa shape index (κ3) is 6.36. The second kappa shape index (κ2) is 9.51. The summed E-state index contributed by atoms with van der Waals surface area (Å²) >= 11 is 5.89. The molecule has 1 N–H and O–H groups in total. The number of hydrogen-bond acceptors (Lipinski definition) is 2. The fourth-order valence-electron chi connectivity index (χ4n) is 2.65. The molecular weight excluding hydrogens is 367 g/mol. The maximum atomic E-state index is 13.2. The van der Waals surface area contributed by atoms with E-state index >= 15 is 0 Å². The van der Waals surface area contributed by atoms with Gasteiger partial charge in [-0.3, -0.25) is 9.59 Å². The summed E-state index contributed by atoms with van der Waals surface area (Å²) in [5.41, 5.74) is 1.56. The molecule has 0 aliphatic carbocycles. The highest BCUT2D eigenvalue weighted by molar-refractivity contribution is 6.30. The van der Waals surface area contributed by atoms with Gasteiger partial charge in [0.1, 0.15) is 11.9 Å². The third-order valence-electron chi connectivity index (χ3n) is 4.13. The molecular formula is C21H24ClFN2O2. The molecule has 0 aromatic heterocycles. The van der Waals surface area contributed by atoms with E-state index in [1.807, 2.05) is 13.8 Å². The molecule has 2 rings (SSSR count). The molecule has 6 heteroatoms. The van der Waals surface area contributed by atoms with Crippen molar-refractivity contribution in [3.05, 3.63) is 70.5 Å². The second-order valence-corrected chi connectivity index (χ2v) is 7.23. The average molecular weight is 391 g/mol. The number of nitrogens with zero attached hydrogens (tertiary/aromatic N) is 1. The van der Waals surface area contributed by atoms with Crippen molar-refractivity contribution in [2.45, 2.75) is 45.8 Å². The van der Waals surface area contributed by atoms with Crippen molar-refractivity contribution in [2.75, 3.05) is 0 Å². The van der Waals surface area contributed by atoms with Gasteiger partial charge in [-0.25, -0.2) is 4.39 Å². The summed E-state index contributed by atoms with van der Waals surface area (Å²) in [7, 11) is 0. The van der Waals surface area contributed by atoms with Crippen LogP contribution < -0.4 is 5.32 Å². The van der Waals surface area contributed by atoms with Gasteiger partial charge in [-0.1, -0.05) is 35.9 Å². The van der Waals surface area contributed by atoms with Crippen LogP contribution in [0.25, 0.3) is 0 Å². The molecule has 0 saturated heterocycles. The fraction of sp³-hybridized carbons (Fsp3) is 0.333. The third-order valence-corrected chi connectivity index (χ3v) is 4.38. The summed E-state index contributed by atoms with van der Waals surface area (Å²) in [6.45, 7) is 5.65. The molecule has 2 aromatic carbocycles. The summed E-state index contributed by atoms with van der Waals surface area (Å²) in [6.07, 6.45) is 0.150. The van der Waals surface area contributed by atoms with Crippen molar-refractivity contribution < 1.29 is 14.0 Å². The average Bonchev–Trinajstić information content (AvgIpc) is 2.62. The van der Waals surface area contributed by atoms with Crippen LogP contribution in [-0.2, 0) is 22.6 Å². The lowest BCUT2D eigenvalue weighted by molar-refractivity contribution is -0.140. The Hall–Kier alpha value is -2.40. The van der Waals surface area contributed by atoms with Gasteiger partial charge in [-0.2, -0.15) is 0 Å². The first-order valence-corrected chi connectivity index (χ1v) is 9.23. The molecule has 0 aliphatic rings. The molecule has 0 fully saturated rings. The van der Waals surface area contributed by atoms with E-state index in [0.29, 0.717) is 5.02 Å². The van der Waals surface area contributed by atoms with E-state index in [-0.39, 0.29) is 36.6 Å². The highest BCUT2D eigenvalue weighted by Crippen LogP contribution is 2.15. The number of carbonyl (C=O) groups excluding carboxylic acids is 2. The van der Waals surface area contributed by atoms with Crippen LogP contribution in [0.4, 0.5) is 4.39 Å². The van der Waals surface area contributed by atoms with Crippen molar-refractivity contribution in [1.82, 2.24) is 10.2 Å². The Bertz CT molecular complexity index is 776. The zero-order valence-corrected chi connectivity index (χ0v) is 16.5. The molecule has 0 saturated carbocycles. The molecule has 27 heavy (non-hydrogen) atoms. The second-order valence-electron chi connectivity index (χ2n) is 6.79. The van der Waals surface area contributed by atoms with Crippen LogP contribution in [0, 0.1) is 5.82 Å². The summed E-state index contributed by atoms with van der Waals surface area (Å²) < 4.78 is 13.2. The van der Waals surface area contributed by atoms with Crippen LogP contribution in [0.2, 0.25) is 5.02 Å². The van der Waals surface area contributed by atoms with Gasteiger partial charge in [0, 0.05) is 17.6 Å². The molecule has 4 nitrogen and oxygen atoms in total. The number of rotatable bonds is 7. The monoisotopic (exact) mass is 390 g/mol. The Morgan fingerprint density at radius 1 is 1.00 bits per heavy atom. The van der Waals surface area contributed by atoms with Gasteiger partial charge in [0.15, 0.2) is 0 Å². The number of halogens is 2. The van der Waals surface area contributed by atoms with Gasteiger partial charge in [-0.15, -0.1) is 0 Å². The van der Waals surface area contributed by atoms with Gasteiger partial charge in [0.05, 0.1) is 6.42 Å². The van der Waals surface area contributed by atoms with E-state index < -0.39 is 6.04 Å². The van der Waals surface area contributed by atoms with Gasteiger partial charge in [-0.05, 0) is 56.2 Å². The first-order chi connectivity index (χ1) is 12.8. The lowest BCUT2D eigenvalue weighted by Gasteiger charge is -2.29. The van der Waals surface area contributed by atoms with Crippen molar-refractivity contribution in [2.24, 2.45) is 0 Å². The summed E-state index contributed by atoms with van der Waals surface area (Å²) in [6, 6.07) is 12.3. The summed E-state index contributed by atoms with van der Waals surface area (Å²) in [5.74, 6) is -0.756. The van der Waals surface area contributed by atoms with Crippen molar-refractivity contribution >= 4 is 23.4 Å². The van der Waals surface area contributed by atoms with Gasteiger partial charge >= 0.3 is 0 Å². The minimum atomic E-state index is -0.655. The quantitative estimate of drug-likeness (QED) is 0.777. The van der Waals surface area contributed by atoms with Crippen LogP contribution in [-0.4, -0.2) is 28.8 Å². The normalized spacial score (nSPS) is 11.9. The zero-order chi connectivity index (χ0) is 20.0. The van der Waals surface area contributed by atoms with E-state index in [9.17, 15) is 14.0 Å². The van der Waals surface area contributed by atoms with E-state index in [0.717, 1.165) is 11.1 Å². The van der Waals surface area contributed by atoms with Crippen molar-refractivity contribution in [3.63, 3.8) is 0 Å². The molecule has 2 amide bonds. The SMILES string of the molecule is CC(C)NC(=O)C(C)N(Cc1ccc(F)cc1)C(=O)Cc1ccc(Cl)cc1. The molecule has 2 aromatic rings. The minimum absolute atomic E-state index is 0.0287. The first-order valence-electron chi connectivity index (χ1n) is 8.85. The Balaban J connectivity index is 2.21. The van der Waals surface area contributed by atoms with E-state index in [4.69, 9.17) is 11.6 Å². The van der Waals surface area contributed by atoms with Crippen LogP contribution in [0.1, 0.15) is 31.9 Å². The fourth-order valence-corrected chi connectivity index (χ4v) is 2.78. The van der Waals surface area contributed by atoms with Gasteiger partial charge in [0.25, 0.3) is 0 Å². The topological polar surface area (TPSA) is 49.4 Å². The number of amides is 2. The van der Waals surface area contributed by atoms with Crippen LogP contribution in [0.5, 0.6) is 0 Å². The molecule has 0 radical (unpaired) electrons. The predicted molar refractivity (Wildman–Crippen MR) is 105 cm³/mol. The Kier molecular flexibility index (Phi) is 7.36. The predicted octanol–water partition coefficient (Wildman–Crippen LogP) is 3.96. The van der Waals surface area contributed by atoms with Crippen LogP contribution in [0.3, 0.4) is 0 Å². The largest absolute Gasteiger partial charge is 0.352 e. The molecule has 1 unspecified atom stereocenters. The van der Waals surface area contributed by atoms with Crippen LogP contribution >= 0.6 is 11.6 Å². The molecule has 0 aliphatic heterocycles. The van der Waals surface area contributed by atoms with Crippen LogP contribution in [0.15, 0.2) is 48.5 Å². The number of benzene rings is 2. The van der Waals surface area contributed by atoms with E-state index in [2.05, 4.69) is 5.32 Å². The number of carbonyl (C=O) groups is 2. The Labute approximate surface area is 164 Å². The molecule has 0 heterocycles. The number of hydrogen-bond donors (Lipinski definition) is 1. The number of nitrogens with one attached hydrogen (secondary N) is 1. The van der Waals surface area contributed by atoms with E-state index in [1.165, 1.54) is 17.0 Å². The van der Waals surface area contributed by atoms with Gasteiger partial charge in [0.2, 0.25) is 11.8 Å². The molecule has 0 bridgehead atoms. The molecule has 144 valence electrons. The van der Waals surface area contributed by atoms with Crippen molar-refractivity contribution in [3.8, 4) is 0 Å². The minimum Gasteiger partial charge on any atom is -0.352 e. The summed E-state index contributed by atoms with van der Waals surface area (Å²) in [5, 5.41) is 3.43. The van der Waals surface area contributed by atoms with E-state index in [1.54, 1.807) is 43.3 Å². The lowest BCUT2D eigenvalue weighted by atomic mass is 10.1. The van der Waals surface area contributed by atoms with Crippen molar-refractivity contribution in [1.29, 1.82) is 0 Å². The highest BCUT2D eigenvalue weighted by atomic mass is 35.5. The molecule has 1 atom stereocenters. The summed E-state index contributed by atoms with van der Waals surface area (Å²) in [4.78, 5) is 26.9. The molecule has 0 spiro atoms. The highest BCUT2D eigenvalue weighted by Gasteiger charge is 2.26. The zero-order valence-electron chi connectivity index (χ0n) is 15.7. The smallest absolute Gasteiger partial charge is 0.242 e. The standard InChI is InChI=1S/C21H24ClFN2O2/c1-14(2)24-21(27)15(3)25(13-17-6-10-19(23)11-7-17)20(26)12-16-4-8-18(22)9-5-16/h4-11,14-15H,12-13H2,1-3H3,(H,24,27). The van der Waals surface area contributed by atoms with Gasteiger partial charge < -0.3 is 10.2 Å². The lowest BCUT2D eigenvalue weighted by Crippen LogP contribution is -2.49. The Morgan fingerprint density at radius 3 is 2.11 bits per heavy atom.